The first-order chi connectivity index (χ1) is 20.9. The standard InChI is InChI=1S/C33H37N5O5/c1-42-29(39)16-17-36-18-20-37(21-19-36)22-28-23-38(33(41)43-28)27-14-12-26(13-15-27)31(34)35-32(40)30(24-8-4-2-5-9-24)25-10-6-3-7-11-25/h2-15,28,30H,16-23H2,1H3,(H2,34,35,40). The highest BCUT2D eigenvalue weighted by Crippen LogP contribution is 2.26. The normalized spacial score (nSPS) is 17.5. The monoisotopic (exact) mass is 583 g/mol. The molecular formula is C33H37N5O5. The van der Waals surface area contributed by atoms with Crippen molar-refractivity contribution in [3.63, 3.8) is 0 Å². The molecular weight excluding hydrogens is 546 g/mol. The average molecular weight is 584 g/mol. The van der Waals surface area contributed by atoms with Crippen molar-refractivity contribution in [2.75, 3.05) is 57.8 Å². The van der Waals surface area contributed by atoms with Crippen molar-refractivity contribution >= 4 is 29.5 Å². The molecule has 2 aliphatic rings. The minimum Gasteiger partial charge on any atom is -0.469 e. The Labute approximate surface area is 251 Å². The number of amidine groups is 1. The van der Waals surface area contributed by atoms with Crippen LogP contribution in [-0.4, -0.2) is 92.6 Å². The van der Waals surface area contributed by atoms with E-state index in [2.05, 4.69) is 15.1 Å². The van der Waals surface area contributed by atoms with Gasteiger partial charge >= 0.3 is 12.1 Å². The molecule has 0 aliphatic carbocycles. The van der Waals surface area contributed by atoms with Crippen molar-refractivity contribution in [2.24, 2.45) is 0 Å². The Bertz CT molecular complexity index is 1370. The first kappa shape index (κ1) is 29.9. The molecule has 0 radical (unpaired) electrons. The number of methoxy groups -OCH3 is 1. The van der Waals surface area contributed by atoms with Crippen LogP contribution in [0.1, 0.15) is 29.0 Å². The van der Waals surface area contributed by atoms with Gasteiger partial charge in [-0.05, 0) is 35.4 Å². The molecule has 3 aromatic rings. The smallest absolute Gasteiger partial charge is 0.414 e. The topological polar surface area (TPSA) is 115 Å². The van der Waals surface area contributed by atoms with Gasteiger partial charge in [-0.1, -0.05) is 60.7 Å². The van der Waals surface area contributed by atoms with Crippen LogP contribution in [0.5, 0.6) is 0 Å². The van der Waals surface area contributed by atoms with Crippen LogP contribution in [0.15, 0.2) is 84.9 Å². The lowest BCUT2D eigenvalue weighted by Crippen LogP contribution is -2.49. The van der Waals surface area contributed by atoms with Crippen LogP contribution < -0.4 is 10.2 Å². The lowest BCUT2D eigenvalue weighted by Gasteiger charge is -2.35. The van der Waals surface area contributed by atoms with E-state index in [-0.39, 0.29) is 23.8 Å². The van der Waals surface area contributed by atoms with Crippen molar-refractivity contribution in [2.45, 2.75) is 18.4 Å². The second-order valence-corrected chi connectivity index (χ2v) is 10.8. The largest absolute Gasteiger partial charge is 0.469 e. The molecule has 3 aromatic carbocycles. The Hall–Kier alpha value is -4.54. The Balaban J connectivity index is 1.15. The van der Waals surface area contributed by atoms with Crippen molar-refractivity contribution in [3.8, 4) is 0 Å². The summed E-state index contributed by atoms with van der Waals surface area (Å²) in [6.45, 7) is 5.15. The Morgan fingerprint density at radius 2 is 1.49 bits per heavy atom. The second-order valence-electron chi connectivity index (χ2n) is 10.8. The van der Waals surface area contributed by atoms with Gasteiger partial charge in [-0.2, -0.15) is 0 Å². The van der Waals surface area contributed by atoms with Gasteiger partial charge in [-0.15, -0.1) is 0 Å². The van der Waals surface area contributed by atoms with Crippen LogP contribution in [0.4, 0.5) is 10.5 Å². The third kappa shape index (κ3) is 7.65. The van der Waals surface area contributed by atoms with E-state index >= 15 is 0 Å². The fourth-order valence-electron chi connectivity index (χ4n) is 5.52. The third-order valence-electron chi connectivity index (χ3n) is 7.90. The van der Waals surface area contributed by atoms with E-state index in [0.717, 1.165) is 37.3 Å². The van der Waals surface area contributed by atoms with Gasteiger partial charge in [-0.3, -0.25) is 24.8 Å². The van der Waals surface area contributed by atoms with Crippen LogP contribution in [0.3, 0.4) is 0 Å². The highest BCUT2D eigenvalue weighted by atomic mass is 16.6. The Morgan fingerprint density at radius 3 is 2.07 bits per heavy atom. The van der Waals surface area contributed by atoms with E-state index in [1.165, 1.54) is 7.11 Å². The molecule has 5 rings (SSSR count). The van der Waals surface area contributed by atoms with E-state index < -0.39 is 12.0 Å². The van der Waals surface area contributed by atoms with E-state index in [9.17, 15) is 14.4 Å². The number of hydrogen-bond donors (Lipinski definition) is 2. The molecule has 2 heterocycles. The maximum Gasteiger partial charge on any atom is 0.414 e. The molecule has 0 aromatic heterocycles. The number of cyclic esters (lactones) is 1. The zero-order chi connectivity index (χ0) is 30.2. The number of esters is 1. The summed E-state index contributed by atoms with van der Waals surface area (Å²) >= 11 is 0. The summed E-state index contributed by atoms with van der Waals surface area (Å²) in [7, 11) is 1.40. The van der Waals surface area contributed by atoms with Crippen molar-refractivity contribution in [1.82, 2.24) is 15.1 Å². The van der Waals surface area contributed by atoms with Crippen LogP contribution in [0.25, 0.3) is 0 Å². The zero-order valence-electron chi connectivity index (χ0n) is 24.3. The molecule has 0 bridgehead atoms. The SMILES string of the molecule is COC(=O)CCN1CCN(CC2CN(c3ccc(C(=N)NC(=O)C(c4ccccc4)c4ccccc4)cc3)C(=O)O2)CC1. The van der Waals surface area contributed by atoms with Gasteiger partial charge in [-0.25, -0.2) is 4.79 Å². The van der Waals surface area contributed by atoms with Crippen molar-refractivity contribution in [1.29, 1.82) is 5.41 Å². The number of carbonyl (C=O) groups is 3. The van der Waals surface area contributed by atoms with Gasteiger partial charge in [0.2, 0.25) is 5.91 Å². The molecule has 1 unspecified atom stereocenters. The number of rotatable bonds is 10. The minimum absolute atomic E-state index is 0.0129. The number of carbonyl (C=O) groups excluding carboxylic acids is 3. The van der Waals surface area contributed by atoms with Crippen LogP contribution >= 0.6 is 0 Å². The number of nitrogens with one attached hydrogen (secondary N) is 2. The molecule has 224 valence electrons. The van der Waals surface area contributed by atoms with Gasteiger partial charge < -0.3 is 19.7 Å². The highest BCUT2D eigenvalue weighted by molar-refractivity contribution is 6.08. The second kappa shape index (κ2) is 14.1. The summed E-state index contributed by atoms with van der Waals surface area (Å²) in [5.74, 6) is -1.06. The fourth-order valence-corrected chi connectivity index (χ4v) is 5.52. The lowest BCUT2D eigenvalue weighted by atomic mass is 9.90. The summed E-state index contributed by atoms with van der Waals surface area (Å²) in [6, 6.07) is 26.0. The maximum absolute atomic E-state index is 13.4. The molecule has 10 nitrogen and oxygen atoms in total. The molecule has 2 N–H and O–H groups in total. The molecule has 2 aliphatic heterocycles. The lowest BCUT2D eigenvalue weighted by molar-refractivity contribution is -0.141. The number of benzene rings is 3. The summed E-state index contributed by atoms with van der Waals surface area (Å²) in [5, 5.41) is 11.3. The van der Waals surface area contributed by atoms with E-state index in [4.69, 9.17) is 14.9 Å². The minimum atomic E-state index is -0.554. The predicted molar refractivity (Wildman–Crippen MR) is 163 cm³/mol. The quantitative estimate of drug-likeness (QED) is 0.213. The number of anilines is 1. The van der Waals surface area contributed by atoms with E-state index in [0.29, 0.717) is 37.3 Å². The van der Waals surface area contributed by atoms with Crippen molar-refractivity contribution < 1.29 is 23.9 Å². The number of nitrogens with zero attached hydrogens (tertiary/aromatic N) is 3. The van der Waals surface area contributed by atoms with Crippen LogP contribution in [0.2, 0.25) is 0 Å². The number of amides is 2. The first-order valence-electron chi connectivity index (χ1n) is 14.5. The molecule has 1 atom stereocenters. The molecule has 0 spiro atoms. The Kier molecular flexibility index (Phi) is 9.81. The van der Waals surface area contributed by atoms with Gasteiger partial charge in [0.1, 0.15) is 11.9 Å². The average Bonchev–Trinajstić information content (AvgIpc) is 3.41. The molecule has 2 amide bonds. The molecule has 10 heteroatoms. The Morgan fingerprint density at radius 1 is 0.907 bits per heavy atom. The number of ether oxygens (including phenoxy) is 2. The summed E-state index contributed by atoms with van der Waals surface area (Å²) in [6.07, 6.45) is -0.260. The van der Waals surface area contributed by atoms with E-state index in [1.807, 2.05) is 60.7 Å². The first-order valence-corrected chi connectivity index (χ1v) is 14.5. The van der Waals surface area contributed by atoms with Gasteiger partial charge in [0.05, 0.1) is 26.0 Å². The fraction of sp³-hybridized carbons (Fsp3) is 0.333. The molecule has 0 saturated carbocycles. The van der Waals surface area contributed by atoms with Crippen LogP contribution in [-0.2, 0) is 19.1 Å². The number of hydrogen-bond acceptors (Lipinski definition) is 8. The van der Waals surface area contributed by atoms with Gasteiger partial charge in [0.15, 0.2) is 0 Å². The van der Waals surface area contributed by atoms with Crippen molar-refractivity contribution in [3.05, 3.63) is 102 Å². The zero-order valence-corrected chi connectivity index (χ0v) is 24.3. The third-order valence-corrected chi connectivity index (χ3v) is 7.90. The maximum atomic E-state index is 13.4. The molecule has 2 saturated heterocycles. The number of piperazine rings is 1. The summed E-state index contributed by atoms with van der Waals surface area (Å²) in [5.41, 5.74) is 2.90. The van der Waals surface area contributed by atoms with E-state index in [1.54, 1.807) is 29.2 Å². The molecule has 43 heavy (non-hydrogen) atoms. The summed E-state index contributed by atoms with van der Waals surface area (Å²) in [4.78, 5) is 43.6. The molecule has 2 fully saturated rings. The highest BCUT2D eigenvalue weighted by Gasteiger charge is 2.34. The summed E-state index contributed by atoms with van der Waals surface area (Å²) < 4.78 is 10.4. The van der Waals surface area contributed by atoms with Crippen LogP contribution in [0, 0.1) is 5.41 Å². The van der Waals surface area contributed by atoms with Gasteiger partial charge in [0.25, 0.3) is 0 Å². The predicted octanol–water partition coefficient (Wildman–Crippen LogP) is 3.47. The van der Waals surface area contributed by atoms with Gasteiger partial charge in [0, 0.05) is 50.5 Å².